The van der Waals surface area contributed by atoms with Gasteiger partial charge in [-0.1, -0.05) is 55.8 Å². The van der Waals surface area contributed by atoms with Crippen molar-refractivity contribution in [2.75, 3.05) is 0 Å². The van der Waals surface area contributed by atoms with E-state index in [-0.39, 0.29) is 22.2 Å². The maximum Gasteiger partial charge on any atom is 0.232 e. The second-order valence-electron chi connectivity index (χ2n) is 11.3. The number of carbonyl (C=O) groups is 1. The summed E-state index contributed by atoms with van der Waals surface area (Å²) in [4.78, 5) is 18.0. The number of aromatic nitrogens is 2. The van der Waals surface area contributed by atoms with Crippen molar-refractivity contribution in [1.82, 2.24) is 15.5 Å². The largest absolute Gasteiger partial charge is 0.348 e. The number of hydrogen-bond acceptors (Lipinski definition) is 4. The third kappa shape index (κ3) is 3.27. The Bertz CT molecular complexity index is 940. The molecule has 2 unspecified atom stereocenters. The molecule has 30 heavy (non-hydrogen) atoms. The van der Waals surface area contributed by atoms with E-state index in [1.807, 2.05) is 20.8 Å². The number of benzene rings is 1. The predicted octanol–water partition coefficient (Wildman–Crippen LogP) is 4.83. The number of nitrogens with one attached hydrogen (secondary N) is 1. The lowest BCUT2D eigenvalue weighted by Crippen LogP contribution is -2.59. The number of aryl methyl sites for hydroxylation is 1. The first kappa shape index (κ1) is 19.8. The second kappa shape index (κ2) is 6.66. The van der Waals surface area contributed by atoms with Crippen LogP contribution in [0.15, 0.2) is 28.8 Å². The maximum absolute atomic E-state index is 13.5. The Morgan fingerprint density at radius 3 is 2.40 bits per heavy atom. The van der Waals surface area contributed by atoms with Gasteiger partial charge in [0, 0.05) is 5.41 Å². The maximum atomic E-state index is 13.5. The molecule has 6 rings (SSSR count). The molecule has 5 nitrogen and oxygen atoms in total. The van der Waals surface area contributed by atoms with Gasteiger partial charge >= 0.3 is 0 Å². The number of nitrogens with zero attached hydrogens (tertiary/aromatic N) is 2. The first-order chi connectivity index (χ1) is 14.2. The Balaban J connectivity index is 1.35. The number of carbonyl (C=O) groups excluding carboxylic acids is 1. The SMILES string of the molecule is Cc1ccc(C23CC4CC(CC(C(=O)NCc5noc(C(C)(C)C)n5)(C4)C2)C3)cc1. The minimum Gasteiger partial charge on any atom is -0.348 e. The molecule has 2 atom stereocenters. The van der Waals surface area contributed by atoms with Crippen LogP contribution in [0.3, 0.4) is 0 Å². The summed E-state index contributed by atoms with van der Waals surface area (Å²) < 4.78 is 5.38. The van der Waals surface area contributed by atoms with Crippen molar-refractivity contribution in [2.45, 2.75) is 83.6 Å². The first-order valence-electron chi connectivity index (χ1n) is 11.4. The van der Waals surface area contributed by atoms with E-state index in [2.05, 4.69) is 46.6 Å². The third-order valence-corrected chi connectivity index (χ3v) is 7.72. The number of hydrogen-bond donors (Lipinski definition) is 1. The molecule has 160 valence electrons. The lowest BCUT2D eigenvalue weighted by molar-refractivity contribution is -0.149. The average Bonchev–Trinajstić information content (AvgIpc) is 3.15. The third-order valence-electron chi connectivity index (χ3n) is 7.72. The Hall–Kier alpha value is -2.17. The zero-order valence-corrected chi connectivity index (χ0v) is 18.6. The van der Waals surface area contributed by atoms with Gasteiger partial charge in [0.2, 0.25) is 11.8 Å². The molecule has 2 aromatic rings. The fourth-order valence-corrected chi connectivity index (χ4v) is 6.75. The number of rotatable bonds is 4. The van der Waals surface area contributed by atoms with Crippen molar-refractivity contribution in [2.24, 2.45) is 17.3 Å². The monoisotopic (exact) mass is 407 g/mol. The van der Waals surface area contributed by atoms with E-state index in [1.165, 1.54) is 30.4 Å². The van der Waals surface area contributed by atoms with Gasteiger partial charge in [-0.3, -0.25) is 4.79 Å². The van der Waals surface area contributed by atoms with Crippen molar-refractivity contribution in [1.29, 1.82) is 0 Å². The minimum atomic E-state index is -0.244. The van der Waals surface area contributed by atoms with E-state index in [0.717, 1.165) is 19.3 Å². The highest BCUT2D eigenvalue weighted by molar-refractivity contribution is 5.83. The van der Waals surface area contributed by atoms with E-state index >= 15 is 0 Å². The smallest absolute Gasteiger partial charge is 0.232 e. The molecule has 4 aliphatic carbocycles. The van der Waals surface area contributed by atoms with Crippen LogP contribution in [0.2, 0.25) is 0 Å². The standard InChI is InChI=1S/C25H33N3O2/c1-16-5-7-19(8-6-16)24-10-17-9-18(11-24)13-25(12-17,15-24)21(29)26-14-20-27-22(30-28-20)23(2,3)4/h5-8,17-18H,9-15H2,1-4H3,(H,26,29). The van der Waals surface area contributed by atoms with E-state index in [9.17, 15) is 4.79 Å². The summed E-state index contributed by atoms with van der Waals surface area (Å²) in [5.41, 5.74) is 2.47. The molecular weight excluding hydrogens is 374 g/mol. The highest BCUT2D eigenvalue weighted by Crippen LogP contribution is 2.65. The van der Waals surface area contributed by atoms with Crippen LogP contribution in [0.1, 0.15) is 82.1 Å². The molecule has 1 aromatic heterocycles. The lowest BCUT2D eigenvalue weighted by Gasteiger charge is -2.61. The molecule has 0 saturated heterocycles. The molecule has 4 fully saturated rings. The molecule has 0 aliphatic heterocycles. The van der Waals surface area contributed by atoms with Crippen LogP contribution in [-0.4, -0.2) is 16.0 Å². The summed E-state index contributed by atoms with van der Waals surface area (Å²) in [5.74, 6) is 2.69. The lowest BCUT2D eigenvalue weighted by atomic mass is 9.42. The summed E-state index contributed by atoms with van der Waals surface area (Å²) in [5, 5.41) is 7.24. The van der Waals surface area contributed by atoms with Crippen molar-refractivity contribution < 1.29 is 9.32 Å². The molecule has 5 heteroatoms. The van der Waals surface area contributed by atoms with Gasteiger partial charge in [0.1, 0.15) is 0 Å². The van der Waals surface area contributed by atoms with Crippen LogP contribution >= 0.6 is 0 Å². The highest BCUT2D eigenvalue weighted by atomic mass is 16.5. The van der Waals surface area contributed by atoms with Crippen LogP contribution in [0.4, 0.5) is 0 Å². The van der Waals surface area contributed by atoms with Gasteiger partial charge in [0.25, 0.3) is 0 Å². The molecule has 0 spiro atoms. The predicted molar refractivity (Wildman–Crippen MR) is 115 cm³/mol. The van der Waals surface area contributed by atoms with E-state index in [0.29, 0.717) is 30.1 Å². The summed E-state index contributed by atoms with van der Waals surface area (Å²) in [7, 11) is 0. The molecule has 1 amide bonds. The molecule has 1 N–H and O–H groups in total. The van der Waals surface area contributed by atoms with Gasteiger partial charge < -0.3 is 9.84 Å². The van der Waals surface area contributed by atoms with Crippen LogP contribution in [0.25, 0.3) is 0 Å². The average molecular weight is 408 g/mol. The minimum absolute atomic E-state index is 0.167. The van der Waals surface area contributed by atoms with Gasteiger partial charge in [-0.15, -0.1) is 0 Å². The van der Waals surface area contributed by atoms with Gasteiger partial charge in [0.15, 0.2) is 5.82 Å². The Morgan fingerprint density at radius 1 is 1.13 bits per heavy atom. The topological polar surface area (TPSA) is 68.0 Å². The number of amides is 1. The fraction of sp³-hybridized carbons (Fsp3) is 0.640. The molecule has 1 aromatic carbocycles. The highest BCUT2D eigenvalue weighted by Gasteiger charge is 2.60. The second-order valence-corrected chi connectivity index (χ2v) is 11.3. The summed E-state index contributed by atoms with van der Waals surface area (Å²) >= 11 is 0. The van der Waals surface area contributed by atoms with E-state index in [4.69, 9.17) is 4.52 Å². The van der Waals surface area contributed by atoms with Crippen LogP contribution in [-0.2, 0) is 22.2 Å². The van der Waals surface area contributed by atoms with E-state index in [1.54, 1.807) is 0 Å². The first-order valence-corrected chi connectivity index (χ1v) is 11.4. The Labute approximate surface area is 179 Å². The van der Waals surface area contributed by atoms with Crippen molar-refractivity contribution in [3.63, 3.8) is 0 Å². The zero-order chi connectivity index (χ0) is 21.1. The van der Waals surface area contributed by atoms with Crippen LogP contribution in [0.5, 0.6) is 0 Å². The summed E-state index contributed by atoms with van der Waals surface area (Å²) in [6.45, 7) is 8.61. The van der Waals surface area contributed by atoms with Gasteiger partial charge in [0.05, 0.1) is 12.0 Å². The van der Waals surface area contributed by atoms with Gasteiger partial charge in [-0.05, 0) is 68.3 Å². The molecule has 1 heterocycles. The molecule has 4 bridgehead atoms. The molecular formula is C25H33N3O2. The van der Waals surface area contributed by atoms with Crippen molar-refractivity contribution in [3.8, 4) is 0 Å². The summed E-state index contributed by atoms with van der Waals surface area (Å²) in [6, 6.07) is 9.07. The Morgan fingerprint density at radius 2 is 1.80 bits per heavy atom. The molecule has 0 radical (unpaired) electrons. The fourth-order valence-electron chi connectivity index (χ4n) is 6.75. The molecule has 4 saturated carbocycles. The van der Waals surface area contributed by atoms with Gasteiger partial charge in [-0.25, -0.2) is 0 Å². The zero-order valence-electron chi connectivity index (χ0n) is 18.6. The Kier molecular flexibility index (Phi) is 4.39. The summed E-state index contributed by atoms with van der Waals surface area (Å²) in [6.07, 6.45) is 6.80. The van der Waals surface area contributed by atoms with Gasteiger partial charge in [-0.2, -0.15) is 4.98 Å². The van der Waals surface area contributed by atoms with Crippen molar-refractivity contribution >= 4 is 5.91 Å². The molecule has 4 aliphatic rings. The van der Waals surface area contributed by atoms with Crippen LogP contribution < -0.4 is 5.32 Å². The van der Waals surface area contributed by atoms with Crippen LogP contribution in [0, 0.1) is 24.2 Å². The van der Waals surface area contributed by atoms with E-state index < -0.39 is 0 Å². The quantitative estimate of drug-likeness (QED) is 0.788. The van der Waals surface area contributed by atoms with Crippen molar-refractivity contribution in [3.05, 3.63) is 47.1 Å². The normalized spacial score (nSPS) is 32.4.